The summed E-state index contributed by atoms with van der Waals surface area (Å²) in [7, 11) is -6.82. The van der Waals surface area contributed by atoms with Crippen LogP contribution in [0.5, 0.6) is 11.5 Å². The molecular formula is C28H29NO7S2. The molecule has 0 radical (unpaired) electrons. The first-order valence-corrected chi connectivity index (χ1v) is 15.5. The van der Waals surface area contributed by atoms with Crippen molar-refractivity contribution in [2.75, 3.05) is 18.6 Å². The van der Waals surface area contributed by atoms with E-state index in [-0.39, 0.29) is 10.7 Å². The van der Waals surface area contributed by atoms with Crippen molar-refractivity contribution in [3.63, 3.8) is 0 Å². The van der Waals surface area contributed by atoms with Crippen LogP contribution in [0.4, 0.5) is 0 Å². The second-order valence-corrected chi connectivity index (χ2v) is 13.2. The lowest BCUT2D eigenvalue weighted by molar-refractivity contribution is -0.114. The van der Waals surface area contributed by atoms with Gasteiger partial charge in [-0.2, -0.15) is 0 Å². The molecule has 0 saturated heterocycles. The van der Waals surface area contributed by atoms with Crippen molar-refractivity contribution in [3.05, 3.63) is 89.0 Å². The van der Waals surface area contributed by atoms with Crippen molar-refractivity contribution in [2.45, 2.75) is 26.9 Å². The largest absolute Gasteiger partial charge is 0.494 e. The topological polar surface area (TPSA) is 116 Å². The fourth-order valence-corrected chi connectivity index (χ4v) is 6.11. The molecule has 0 fully saturated rings. The summed E-state index contributed by atoms with van der Waals surface area (Å²) in [5.74, 6) is 0.721. The van der Waals surface area contributed by atoms with Gasteiger partial charge in [0.25, 0.3) is 15.9 Å². The maximum atomic E-state index is 12.0. The van der Waals surface area contributed by atoms with E-state index in [9.17, 15) is 21.6 Å². The molecule has 0 spiro atoms. The number of benzene rings is 3. The van der Waals surface area contributed by atoms with E-state index in [0.29, 0.717) is 36.7 Å². The number of rotatable bonds is 10. The maximum absolute atomic E-state index is 12.0. The van der Waals surface area contributed by atoms with Crippen LogP contribution in [-0.2, 0) is 31.3 Å². The van der Waals surface area contributed by atoms with Gasteiger partial charge in [-0.15, -0.1) is 0 Å². The van der Waals surface area contributed by atoms with E-state index >= 15 is 0 Å². The summed E-state index contributed by atoms with van der Waals surface area (Å²) >= 11 is 0. The van der Waals surface area contributed by atoms with Gasteiger partial charge in [-0.1, -0.05) is 18.2 Å². The highest BCUT2D eigenvalue weighted by molar-refractivity contribution is 8.00. The Labute approximate surface area is 223 Å². The molecular weight excluding hydrogens is 526 g/mol. The minimum Gasteiger partial charge on any atom is -0.494 e. The molecule has 38 heavy (non-hydrogen) atoms. The third kappa shape index (κ3) is 6.81. The van der Waals surface area contributed by atoms with Crippen molar-refractivity contribution < 1.29 is 31.1 Å². The Hall–Kier alpha value is -3.63. The Kier molecular flexibility index (Phi) is 7.94. The molecule has 0 bridgehead atoms. The van der Waals surface area contributed by atoms with E-state index in [1.807, 2.05) is 48.9 Å². The monoisotopic (exact) mass is 555 g/mol. The number of carbonyl (C=O) groups is 1. The second kappa shape index (κ2) is 11.0. The standard InChI is InChI=1S/C28H29NO7S2/c1-19-14-25(35-12-5-13-37(3,31)32)15-20(2)28(19)23-7-4-6-21(16-23)18-36-24-10-8-22(9-11-24)26-17-27(30)29-38(26,33)34/h4,6-11,14-17H,5,12-13,18H2,1-3H3,(H,29,30). The van der Waals surface area contributed by atoms with Crippen molar-refractivity contribution in [1.29, 1.82) is 0 Å². The Morgan fingerprint density at radius 2 is 1.55 bits per heavy atom. The summed E-state index contributed by atoms with van der Waals surface area (Å²) in [6.07, 6.45) is 2.73. The van der Waals surface area contributed by atoms with Gasteiger partial charge in [0, 0.05) is 12.3 Å². The zero-order chi connectivity index (χ0) is 27.5. The van der Waals surface area contributed by atoms with Crippen molar-refractivity contribution in [2.24, 2.45) is 0 Å². The molecule has 8 nitrogen and oxygen atoms in total. The Balaban J connectivity index is 1.42. The number of hydrogen-bond donors (Lipinski definition) is 1. The Morgan fingerprint density at radius 3 is 2.16 bits per heavy atom. The summed E-state index contributed by atoms with van der Waals surface area (Å²) in [4.78, 5) is 11.4. The molecule has 0 saturated carbocycles. The normalized spacial score (nSPS) is 14.6. The van der Waals surface area contributed by atoms with Gasteiger partial charge >= 0.3 is 0 Å². The van der Waals surface area contributed by atoms with E-state index in [4.69, 9.17) is 9.47 Å². The zero-order valence-electron chi connectivity index (χ0n) is 21.4. The summed E-state index contributed by atoms with van der Waals surface area (Å²) in [6, 6.07) is 18.5. The fraction of sp³-hybridized carbons (Fsp3) is 0.250. The van der Waals surface area contributed by atoms with Crippen LogP contribution in [-0.4, -0.2) is 41.4 Å². The smallest absolute Gasteiger partial charge is 0.265 e. The zero-order valence-corrected chi connectivity index (χ0v) is 23.0. The van der Waals surface area contributed by atoms with Crippen LogP contribution in [0.15, 0.2) is 66.7 Å². The van der Waals surface area contributed by atoms with E-state index in [1.165, 1.54) is 6.26 Å². The van der Waals surface area contributed by atoms with Crippen LogP contribution in [0.1, 0.15) is 28.7 Å². The Bertz CT molecular complexity index is 1580. The first kappa shape index (κ1) is 27.4. The molecule has 200 valence electrons. The van der Waals surface area contributed by atoms with Crippen LogP contribution in [0.2, 0.25) is 0 Å². The van der Waals surface area contributed by atoms with Crippen molar-refractivity contribution in [3.8, 4) is 22.6 Å². The van der Waals surface area contributed by atoms with Crippen LogP contribution >= 0.6 is 0 Å². The van der Waals surface area contributed by atoms with Crippen LogP contribution < -0.4 is 14.2 Å². The lowest BCUT2D eigenvalue weighted by atomic mass is 9.94. The van der Waals surface area contributed by atoms with Gasteiger partial charge in [0.15, 0.2) is 0 Å². The fourth-order valence-electron chi connectivity index (χ4n) is 4.32. The average Bonchev–Trinajstić information content (AvgIpc) is 3.12. The van der Waals surface area contributed by atoms with Gasteiger partial charge in [0.05, 0.1) is 12.4 Å². The van der Waals surface area contributed by atoms with Crippen molar-refractivity contribution >= 4 is 30.7 Å². The predicted octanol–water partition coefficient (Wildman–Crippen LogP) is 4.16. The molecule has 0 aromatic heterocycles. The number of sulfonamides is 1. The third-order valence-corrected chi connectivity index (χ3v) is 8.41. The SMILES string of the molecule is Cc1cc(OCCCS(C)(=O)=O)cc(C)c1-c1cccc(COc2ccc(C3=CC(=O)NS3(=O)=O)cc2)c1. The highest BCUT2D eigenvalue weighted by Crippen LogP contribution is 2.32. The summed E-state index contributed by atoms with van der Waals surface area (Å²) < 4.78 is 60.3. The van der Waals surface area contributed by atoms with E-state index in [0.717, 1.165) is 33.9 Å². The van der Waals surface area contributed by atoms with Gasteiger partial charge < -0.3 is 9.47 Å². The predicted molar refractivity (Wildman–Crippen MR) is 147 cm³/mol. The van der Waals surface area contributed by atoms with Crippen molar-refractivity contribution in [1.82, 2.24) is 4.72 Å². The molecule has 3 aromatic carbocycles. The van der Waals surface area contributed by atoms with E-state index in [1.54, 1.807) is 24.3 Å². The number of sulfone groups is 1. The van der Waals surface area contributed by atoms with E-state index in [2.05, 4.69) is 6.07 Å². The first-order valence-electron chi connectivity index (χ1n) is 11.9. The van der Waals surface area contributed by atoms with Crippen LogP contribution in [0.25, 0.3) is 16.0 Å². The number of amides is 1. The molecule has 0 unspecified atom stereocenters. The van der Waals surface area contributed by atoms with Crippen LogP contribution in [0.3, 0.4) is 0 Å². The van der Waals surface area contributed by atoms with Crippen LogP contribution in [0, 0.1) is 13.8 Å². The van der Waals surface area contributed by atoms with Gasteiger partial charge in [0.2, 0.25) is 0 Å². The quantitative estimate of drug-likeness (QED) is 0.374. The third-order valence-electron chi connectivity index (χ3n) is 5.98. The summed E-state index contributed by atoms with van der Waals surface area (Å²) in [5, 5.41) is 0. The molecule has 0 atom stereocenters. The molecule has 1 aliphatic heterocycles. The van der Waals surface area contributed by atoms with Gasteiger partial charge in [-0.3, -0.25) is 4.79 Å². The van der Waals surface area contributed by atoms with Gasteiger partial charge in [-0.25, -0.2) is 21.6 Å². The highest BCUT2D eigenvalue weighted by Gasteiger charge is 2.28. The summed E-state index contributed by atoms with van der Waals surface area (Å²) in [6.45, 7) is 4.67. The summed E-state index contributed by atoms with van der Waals surface area (Å²) in [5.41, 5.74) is 5.58. The first-order chi connectivity index (χ1) is 17.9. The molecule has 10 heteroatoms. The van der Waals surface area contributed by atoms with E-state index < -0.39 is 25.8 Å². The lowest BCUT2D eigenvalue weighted by Gasteiger charge is -2.15. The lowest BCUT2D eigenvalue weighted by Crippen LogP contribution is -2.22. The molecule has 1 aliphatic rings. The number of aryl methyl sites for hydroxylation is 2. The van der Waals surface area contributed by atoms with Gasteiger partial charge in [0.1, 0.15) is 32.8 Å². The molecule has 4 rings (SSSR count). The maximum Gasteiger partial charge on any atom is 0.265 e. The minimum absolute atomic E-state index is 0.0576. The highest BCUT2D eigenvalue weighted by atomic mass is 32.2. The molecule has 1 heterocycles. The minimum atomic E-state index is -3.82. The molecule has 1 amide bonds. The number of nitrogens with one attached hydrogen (secondary N) is 1. The molecule has 0 aliphatic carbocycles. The Morgan fingerprint density at radius 1 is 0.868 bits per heavy atom. The molecule has 1 N–H and O–H groups in total. The van der Waals surface area contributed by atoms with Gasteiger partial charge in [-0.05, 0) is 96.1 Å². The second-order valence-electron chi connectivity index (χ2n) is 9.26. The molecule has 3 aromatic rings. The number of carbonyl (C=O) groups excluding carboxylic acids is 1. The average molecular weight is 556 g/mol. The number of hydrogen-bond acceptors (Lipinski definition) is 7. The number of ether oxygens (including phenoxy) is 2.